The first-order chi connectivity index (χ1) is 9.74. The molecule has 2 atom stereocenters. The number of hydrogen-bond donors (Lipinski definition) is 1. The maximum absolute atomic E-state index is 12.0. The average molecular weight is 292 g/mol. The van der Waals surface area contributed by atoms with Gasteiger partial charge in [0.05, 0.1) is 5.56 Å². The van der Waals surface area contributed by atoms with Crippen molar-refractivity contribution in [2.75, 3.05) is 12.4 Å². The van der Waals surface area contributed by atoms with Crippen molar-refractivity contribution in [3.8, 4) is 6.07 Å². The van der Waals surface area contributed by atoms with Gasteiger partial charge in [0.25, 0.3) is 5.91 Å². The number of carbonyl (C=O) groups excluding carboxylic acids is 1. The van der Waals surface area contributed by atoms with Gasteiger partial charge in [0.15, 0.2) is 0 Å². The molecule has 2 rings (SSSR count). The summed E-state index contributed by atoms with van der Waals surface area (Å²) in [5.74, 6) is 1.44. The number of pyridine rings is 1. The lowest BCUT2D eigenvalue weighted by Gasteiger charge is -2.30. The molecule has 0 bridgehead atoms. The number of nitriles is 1. The van der Waals surface area contributed by atoms with Crippen LogP contribution in [0.2, 0.25) is 0 Å². The summed E-state index contributed by atoms with van der Waals surface area (Å²) in [5, 5.41) is 11.6. The summed E-state index contributed by atoms with van der Waals surface area (Å²) < 4.78 is 0. The summed E-state index contributed by atoms with van der Waals surface area (Å²) in [7, 11) is 0. The van der Waals surface area contributed by atoms with Gasteiger partial charge >= 0.3 is 0 Å². The molecule has 0 aliphatic heterocycles. The molecule has 1 fully saturated rings. The van der Waals surface area contributed by atoms with Crippen LogP contribution in [0.25, 0.3) is 0 Å². The third kappa shape index (κ3) is 3.71. The molecule has 1 aliphatic rings. The van der Waals surface area contributed by atoms with Crippen LogP contribution in [0, 0.1) is 23.2 Å². The normalized spacial score (nSPS) is 22.0. The standard InChI is InChI=1S/C15H18ClN3O/c16-7-12-3-1-2-4-13(12)10-19-15(20)14-6-5-11(8-17)9-18-14/h5-6,9,12-13H,1-4,7,10H2,(H,19,20). The van der Waals surface area contributed by atoms with Crippen molar-refractivity contribution in [1.29, 1.82) is 5.26 Å². The second-order valence-corrected chi connectivity index (χ2v) is 5.52. The Bertz CT molecular complexity index is 495. The van der Waals surface area contributed by atoms with Crippen molar-refractivity contribution in [2.45, 2.75) is 25.7 Å². The average Bonchev–Trinajstić information content (AvgIpc) is 2.53. The minimum absolute atomic E-state index is 0.187. The molecule has 0 saturated heterocycles. The van der Waals surface area contributed by atoms with Crippen LogP contribution in [0.5, 0.6) is 0 Å². The first-order valence-corrected chi connectivity index (χ1v) is 7.48. The van der Waals surface area contributed by atoms with Crippen LogP contribution >= 0.6 is 11.6 Å². The molecule has 1 aromatic heterocycles. The maximum Gasteiger partial charge on any atom is 0.269 e. The number of nitrogens with one attached hydrogen (secondary N) is 1. The minimum atomic E-state index is -0.187. The molecular weight excluding hydrogens is 274 g/mol. The highest BCUT2D eigenvalue weighted by Gasteiger charge is 2.24. The number of hydrogen-bond acceptors (Lipinski definition) is 3. The van der Waals surface area contributed by atoms with E-state index in [1.165, 1.54) is 19.0 Å². The Labute approximate surface area is 124 Å². The fourth-order valence-electron chi connectivity index (χ4n) is 2.66. The fourth-order valence-corrected chi connectivity index (χ4v) is 3.07. The first kappa shape index (κ1) is 14.8. The molecule has 5 heteroatoms. The zero-order valence-electron chi connectivity index (χ0n) is 11.3. The lowest BCUT2D eigenvalue weighted by Crippen LogP contribution is -2.35. The van der Waals surface area contributed by atoms with Crippen molar-refractivity contribution in [3.05, 3.63) is 29.6 Å². The summed E-state index contributed by atoms with van der Waals surface area (Å²) in [5.41, 5.74) is 0.804. The van der Waals surface area contributed by atoms with Crippen LogP contribution in [0.4, 0.5) is 0 Å². The fraction of sp³-hybridized carbons (Fsp3) is 0.533. The van der Waals surface area contributed by atoms with Crippen LogP contribution in [0.3, 0.4) is 0 Å². The number of carbonyl (C=O) groups is 1. The molecule has 1 N–H and O–H groups in total. The molecular formula is C15H18ClN3O. The smallest absolute Gasteiger partial charge is 0.269 e. The van der Waals surface area contributed by atoms with Gasteiger partial charge in [-0.15, -0.1) is 11.6 Å². The topological polar surface area (TPSA) is 65.8 Å². The third-order valence-corrected chi connectivity index (χ3v) is 4.31. The summed E-state index contributed by atoms with van der Waals surface area (Å²) in [6.07, 6.45) is 6.14. The number of halogens is 1. The van der Waals surface area contributed by atoms with E-state index in [1.807, 2.05) is 6.07 Å². The molecule has 0 aromatic carbocycles. The lowest BCUT2D eigenvalue weighted by atomic mass is 9.80. The van der Waals surface area contributed by atoms with E-state index in [9.17, 15) is 4.79 Å². The van der Waals surface area contributed by atoms with Gasteiger partial charge in [0.1, 0.15) is 11.8 Å². The molecule has 20 heavy (non-hydrogen) atoms. The maximum atomic E-state index is 12.0. The van der Waals surface area contributed by atoms with Crippen molar-refractivity contribution in [1.82, 2.24) is 10.3 Å². The Morgan fingerprint density at radius 1 is 1.40 bits per heavy atom. The zero-order chi connectivity index (χ0) is 14.4. The molecule has 106 valence electrons. The Balaban J connectivity index is 1.89. The van der Waals surface area contributed by atoms with Crippen LogP contribution < -0.4 is 5.32 Å². The summed E-state index contributed by atoms with van der Waals surface area (Å²) >= 11 is 5.99. The van der Waals surface area contributed by atoms with Gasteiger partial charge in [0, 0.05) is 18.6 Å². The number of nitrogens with zero attached hydrogens (tertiary/aromatic N) is 2. The van der Waals surface area contributed by atoms with Gasteiger partial charge in [-0.1, -0.05) is 12.8 Å². The third-order valence-electron chi connectivity index (χ3n) is 3.91. The largest absolute Gasteiger partial charge is 0.350 e. The van der Waals surface area contributed by atoms with Crippen LogP contribution in [0.1, 0.15) is 41.7 Å². The minimum Gasteiger partial charge on any atom is -0.350 e. The highest BCUT2D eigenvalue weighted by Crippen LogP contribution is 2.30. The molecule has 1 heterocycles. The van der Waals surface area contributed by atoms with Gasteiger partial charge in [0.2, 0.25) is 0 Å². The molecule has 1 amide bonds. The van der Waals surface area contributed by atoms with Crippen LogP contribution in [-0.2, 0) is 0 Å². The van der Waals surface area contributed by atoms with E-state index >= 15 is 0 Å². The van der Waals surface area contributed by atoms with E-state index in [1.54, 1.807) is 12.1 Å². The Hall–Kier alpha value is -1.60. The Morgan fingerprint density at radius 3 is 2.75 bits per heavy atom. The predicted octanol–water partition coefficient (Wildman–Crippen LogP) is 2.73. The number of aromatic nitrogens is 1. The molecule has 4 nitrogen and oxygen atoms in total. The van der Waals surface area contributed by atoms with E-state index in [0.29, 0.717) is 35.5 Å². The monoisotopic (exact) mass is 291 g/mol. The lowest BCUT2D eigenvalue weighted by molar-refractivity contribution is 0.0931. The number of alkyl halides is 1. The highest BCUT2D eigenvalue weighted by molar-refractivity contribution is 6.18. The second kappa shape index (κ2) is 7.25. The molecule has 2 unspecified atom stereocenters. The molecule has 1 saturated carbocycles. The Kier molecular flexibility index (Phi) is 5.37. The van der Waals surface area contributed by atoms with Crippen molar-refractivity contribution < 1.29 is 4.79 Å². The zero-order valence-corrected chi connectivity index (χ0v) is 12.1. The number of rotatable bonds is 4. The summed E-state index contributed by atoms with van der Waals surface area (Å²) in [4.78, 5) is 16.0. The van der Waals surface area contributed by atoms with E-state index in [0.717, 1.165) is 12.8 Å². The van der Waals surface area contributed by atoms with E-state index < -0.39 is 0 Å². The van der Waals surface area contributed by atoms with Crippen molar-refractivity contribution in [2.24, 2.45) is 11.8 Å². The van der Waals surface area contributed by atoms with Crippen molar-refractivity contribution in [3.63, 3.8) is 0 Å². The van der Waals surface area contributed by atoms with Crippen molar-refractivity contribution >= 4 is 17.5 Å². The predicted molar refractivity (Wildman–Crippen MR) is 77.5 cm³/mol. The van der Waals surface area contributed by atoms with Gasteiger partial charge < -0.3 is 5.32 Å². The number of amides is 1. The van der Waals surface area contributed by atoms with Gasteiger partial charge in [-0.2, -0.15) is 5.26 Å². The summed E-state index contributed by atoms with van der Waals surface area (Å²) in [6.45, 7) is 0.651. The van der Waals surface area contributed by atoms with Gasteiger partial charge in [-0.25, -0.2) is 4.98 Å². The van der Waals surface area contributed by atoms with Gasteiger partial charge in [-0.05, 0) is 36.8 Å². The molecule has 1 aromatic rings. The second-order valence-electron chi connectivity index (χ2n) is 5.21. The van der Waals surface area contributed by atoms with Crippen LogP contribution in [0.15, 0.2) is 18.3 Å². The molecule has 0 spiro atoms. The Morgan fingerprint density at radius 2 is 2.15 bits per heavy atom. The van der Waals surface area contributed by atoms with E-state index in [4.69, 9.17) is 16.9 Å². The van der Waals surface area contributed by atoms with E-state index in [-0.39, 0.29) is 5.91 Å². The van der Waals surface area contributed by atoms with E-state index in [2.05, 4.69) is 10.3 Å². The summed E-state index contributed by atoms with van der Waals surface area (Å²) in [6, 6.07) is 5.16. The van der Waals surface area contributed by atoms with Crippen LogP contribution in [-0.4, -0.2) is 23.3 Å². The molecule has 1 aliphatic carbocycles. The SMILES string of the molecule is N#Cc1ccc(C(=O)NCC2CCCCC2CCl)nc1. The first-order valence-electron chi connectivity index (χ1n) is 6.95. The quantitative estimate of drug-likeness (QED) is 0.868. The van der Waals surface area contributed by atoms with Gasteiger partial charge in [-0.3, -0.25) is 4.79 Å². The highest BCUT2D eigenvalue weighted by atomic mass is 35.5. The molecule has 0 radical (unpaired) electrons.